The average molecular weight is 314 g/mol. The van der Waals surface area contributed by atoms with Crippen molar-refractivity contribution in [2.24, 2.45) is 5.41 Å². The summed E-state index contributed by atoms with van der Waals surface area (Å²) in [5, 5.41) is 14.2. The zero-order valence-electron chi connectivity index (χ0n) is 13.4. The van der Waals surface area contributed by atoms with E-state index < -0.39 is 6.10 Å². The molecule has 0 amide bonds. The maximum atomic E-state index is 13.0. The van der Waals surface area contributed by atoms with Gasteiger partial charge in [-0.1, -0.05) is 37.3 Å². The third-order valence-electron chi connectivity index (χ3n) is 4.80. The minimum Gasteiger partial charge on any atom is -0.388 e. The number of aromatic nitrogens is 1. The van der Waals surface area contributed by atoms with Gasteiger partial charge < -0.3 is 10.4 Å². The largest absolute Gasteiger partial charge is 0.388 e. The van der Waals surface area contributed by atoms with Crippen molar-refractivity contribution in [3.05, 3.63) is 65.7 Å². The maximum absolute atomic E-state index is 13.0. The van der Waals surface area contributed by atoms with Crippen molar-refractivity contribution in [3.8, 4) is 0 Å². The normalized spacial score (nSPS) is 18.4. The van der Waals surface area contributed by atoms with Gasteiger partial charge in [-0.05, 0) is 37.0 Å². The number of hydrogen-bond donors (Lipinski definition) is 2. The number of pyridine rings is 1. The molecule has 0 aliphatic heterocycles. The lowest BCUT2D eigenvalue weighted by molar-refractivity contribution is 0.0897. The number of nitrogens with one attached hydrogen (secondary N) is 1. The lowest BCUT2D eigenvalue weighted by Gasteiger charge is -2.26. The first-order chi connectivity index (χ1) is 11.1. The molecule has 23 heavy (non-hydrogen) atoms. The molecular formula is C19H23FN2O. The molecule has 0 radical (unpaired) electrons. The zero-order valence-corrected chi connectivity index (χ0v) is 13.4. The SMILES string of the molecule is CCC(NCC1(C(O)c2ccccc2)CC1)c1ccc(F)cn1. The molecule has 122 valence electrons. The molecule has 2 atom stereocenters. The Morgan fingerprint density at radius 1 is 1.22 bits per heavy atom. The van der Waals surface area contributed by atoms with Crippen LogP contribution in [0.3, 0.4) is 0 Å². The Labute approximate surface area is 136 Å². The summed E-state index contributed by atoms with van der Waals surface area (Å²) in [5.74, 6) is -0.318. The minimum atomic E-state index is -0.449. The molecular weight excluding hydrogens is 291 g/mol. The van der Waals surface area contributed by atoms with E-state index in [0.29, 0.717) is 0 Å². The molecule has 2 unspecified atom stereocenters. The van der Waals surface area contributed by atoms with Crippen LogP contribution in [0.4, 0.5) is 4.39 Å². The van der Waals surface area contributed by atoms with E-state index in [1.165, 1.54) is 12.3 Å². The number of aliphatic hydroxyl groups is 1. The molecule has 1 aliphatic carbocycles. The Kier molecular flexibility index (Phi) is 4.74. The van der Waals surface area contributed by atoms with E-state index in [1.807, 2.05) is 30.3 Å². The van der Waals surface area contributed by atoms with Gasteiger partial charge in [-0.15, -0.1) is 0 Å². The Morgan fingerprint density at radius 2 is 1.96 bits per heavy atom. The second-order valence-corrected chi connectivity index (χ2v) is 6.42. The van der Waals surface area contributed by atoms with Crippen LogP contribution in [0, 0.1) is 11.2 Å². The summed E-state index contributed by atoms with van der Waals surface area (Å²) < 4.78 is 13.0. The fourth-order valence-electron chi connectivity index (χ4n) is 3.07. The first-order valence-corrected chi connectivity index (χ1v) is 8.22. The van der Waals surface area contributed by atoms with Crippen molar-refractivity contribution in [1.82, 2.24) is 10.3 Å². The molecule has 2 N–H and O–H groups in total. The number of aliphatic hydroxyl groups excluding tert-OH is 1. The van der Waals surface area contributed by atoms with E-state index in [4.69, 9.17) is 0 Å². The third kappa shape index (κ3) is 3.59. The highest BCUT2D eigenvalue weighted by atomic mass is 19.1. The quantitative estimate of drug-likeness (QED) is 0.817. The molecule has 0 bridgehead atoms. The van der Waals surface area contributed by atoms with Gasteiger partial charge in [-0.25, -0.2) is 4.39 Å². The van der Waals surface area contributed by atoms with Crippen LogP contribution in [0.1, 0.15) is 49.6 Å². The highest BCUT2D eigenvalue weighted by Crippen LogP contribution is 2.54. The monoisotopic (exact) mass is 314 g/mol. The summed E-state index contributed by atoms with van der Waals surface area (Å²) in [5.41, 5.74) is 1.73. The van der Waals surface area contributed by atoms with Crippen molar-refractivity contribution in [2.45, 2.75) is 38.3 Å². The summed E-state index contributed by atoms with van der Waals surface area (Å²) in [6, 6.07) is 13.1. The zero-order chi connectivity index (χ0) is 16.3. The highest BCUT2D eigenvalue weighted by Gasteiger charge is 2.49. The lowest BCUT2D eigenvalue weighted by atomic mass is 9.92. The summed E-state index contributed by atoms with van der Waals surface area (Å²) in [6.07, 6.45) is 3.71. The Hall–Kier alpha value is -1.78. The lowest BCUT2D eigenvalue weighted by Crippen LogP contribution is -2.32. The van der Waals surface area contributed by atoms with E-state index in [2.05, 4.69) is 17.2 Å². The van der Waals surface area contributed by atoms with Gasteiger partial charge in [-0.3, -0.25) is 4.98 Å². The fraction of sp³-hybridized carbons (Fsp3) is 0.421. The minimum absolute atomic E-state index is 0.0797. The van der Waals surface area contributed by atoms with Gasteiger partial charge in [0.2, 0.25) is 0 Å². The standard InChI is InChI=1S/C19H23FN2O/c1-2-16(17-9-8-15(20)12-21-17)22-13-19(10-11-19)18(23)14-6-4-3-5-7-14/h3-9,12,16,18,22-23H,2,10-11,13H2,1H3. The topological polar surface area (TPSA) is 45.1 Å². The molecule has 1 saturated carbocycles. The first kappa shape index (κ1) is 16.1. The van der Waals surface area contributed by atoms with Crippen LogP contribution in [-0.2, 0) is 0 Å². The molecule has 1 fully saturated rings. The van der Waals surface area contributed by atoms with Crippen molar-refractivity contribution in [1.29, 1.82) is 0 Å². The molecule has 0 spiro atoms. The molecule has 1 aromatic carbocycles. The number of rotatable bonds is 7. The smallest absolute Gasteiger partial charge is 0.141 e. The predicted octanol–water partition coefficient (Wildman–Crippen LogP) is 3.78. The van der Waals surface area contributed by atoms with Crippen LogP contribution in [0.25, 0.3) is 0 Å². The van der Waals surface area contributed by atoms with Crippen molar-refractivity contribution >= 4 is 0 Å². The van der Waals surface area contributed by atoms with Gasteiger partial charge in [0, 0.05) is 18.0 Å². The third-order valence-corrected chi connectivity index (χ3v) is 4.80. The number of nitrogens with zero attached hydrogens (tertiary/aromatic N) is 1. The van der Waals surface area contributed by atoms with E-state index in [-0.39, 0.29) is 17.3 Å². The number of hydrogen-bond acceptors (Lipinski definition) is 3. The first-order valence-electron chi connectivity index (χ1n) is 8.22. The van der Waals surface area contributed by atoms with E-state index in [1.54, 1.807) is 6.07 Å². The van der Waals surface area contributed by atoms with Crippen molar-refractivity contribution < 1.29 is 9.50 Å². The second kappa shape index (κ2) is 6.77. The Bertz CT molecular complexity index is 626. The summed E-state index contributed by atoms with van der Waals surface area (Å²) in [4.78, 5) is 4.17. The molecule has 4 heteroatoms. The fourth-order valence-corrected chi connectivity index (χ4v) is 3.07. The molecule has 1 heterocycles. The highest BCUT2D eigenvalue weighted by molar-refractivity contribution is 5.22. The van der Waals surface area contributed by atoms with Gasteiger partial charge in [0.25, 0.3) is 0 Å². The predicted molar refractivity (Wildman–Crippen MR) is 88.3 cm³/mol. The molecule has 1 aliphatic rings. The maximum Gasteiger partial charge on any atom is 0.141 e. The van der Waals surface area contributed by atoms with Gasteiger partial charge in [0.15, 0.2) is 0 Å². The molecule has 1 aromatic heterocycles. The van der Waals surface area contributed by atoms with E-state index >= 15 is 0 Å². The summed E-state index contributed by atoms with van der Waals surface area (Å²) in [7, 11) is 0. The Balaban J connectivity index is 1.65. The van der Waals surface area contributed by atoms with Crippen molar-refractivity contribution in [3.63, 3.8) is 0 Å². The van der Waals surface area contributed by atoms with E-state index in [0.717, 1.165) is 37.1 Å². The second-order valence-electron chi connectivity index (χ2n) is 6.42. The molecule has 0 saturated heterocycles. The molecule has 2 aromatic rings. The van der Waals surface area contributed by atoms with Crippen molar-refractivity contribution in [2.75, 3.05) is 6.54 Å². The van der Waals surface area contributed by atoms with Crippen LogP contribution in [0.2, 0.25) is 0 Å². The number of halogens is 1. The van der Waals surface area contributed by atoms with Crippen LogP contribution in [0.5, 0.6) is 0 Å². The molecule has 3 rings (SSSR count). The number of benzene rings is 1. The van der Waals surface area contributed by atoms with Crippen LogP contribution >= 0.6 is 0 Å². The van der Waals surface area contributed by atoms with Crippen LogP contribution < -0.4 is 5.32 Å². The average Bonchev–Trinajstić information content (AvgIpc) is 3.38. The van der Waals surface area contributed by atoms with Gasteiger partial charge in [-0.2, -0.15) is 0 Å². The summed E-state index contributed by atoms with van der Waals surface area (Å²) >= 11 is 0. The molecule has 3 nitrogen and oxygen atoms in total. The van der Waals surface area contributed by atoms with Gasteiger partial charge in [0.1, 0.15) is 5.82 Å². The summed E-state index contributed by atoms with van der Waals surface area (Å²) in [6.45, 7) is 2.82. The van der Waals surface area contributed by atoms with Gasteiger partial charge >= 0.3 is 0 Å². The van der Waals surface area contributed by atoms with Crippen LogP contribution in [0.15, 0.2) is 48.7 Å². The van der Waals surface area contributed by atoms with Gasteiger partial charge in [0.05, 0.1) is 18.0 Å². The van der Waals surface area contributed by atoms with E-state index in [9.17, 15) is 9.50 Å². The Morgan fingerprint density at radius 3 is 2.52 bits per heavy atom. The van der Waals surface area contributed by atoms with Crippen LogP contribution in [-0.4, -0.2) is 16.6 Å².